The molecule has 0 bridgehead atoms. The lowest BCUT2D eigenvalue weighted by molar-refractivity contribution is -0.670. The van der Waals surface area contributed by atoms with E-state index < -0.39 is 78.7 Å². The Morgan fingerprint density at radius 3 is 2.33 bits per heavy atom. The first-order valence-corrected chi connectivity index (χ1v) is 27.4. The minimum atomic E-state index is -1.79. The van der Waals surface area contributed by atoms with Crippen LogP contribution in [-0.4, -0.2) is 111 Å². The van der Waals surface area contributed by atoms with E-state index in [-0.39, 0.29) is 73.2 Å². The molecule has 0 aliphatic heterocycles. The van der Waals surface area contributed by atoms with Crippen molar-refractivity contribution in [3.63, 3.8) is 0 Å². The molecule has 2 aromatic carbocycles. The number of carboxylic acids is 2. The summed E-state index contributed by atoms with van der Waals surface area (Å²) < 4.78 is 17.9. The van der Waals surface area contributed by atoms with E-state index in [1.165, 1.54) is 51.9 Å². The number of rotatable bonds is 24. The number of aromatic nitrogens is 3. The fourth-order valence-corrected chi connectivity index (χ4v) is 12.3. The molecule has 0 radical (unpaired) electrons. The quantitative estimate of drug-likeness (QED) is 0.0125. The van der Waals surface area contributed by atoms with Gasteiger partial charge in [-0.15, -0.1) is 0 Å². The van der Waals surface area contributed by atoms with Crippen LogP contribution in [0.4, 0.5) is 5.88 Å². The largest absolute Gasteiger partial charge is 0.566 e. The molecule has 8 rings (SSSR count). The Balaban J connectivity index is 0.907. The number of nitrogens with zero attached hydrogens (tertiary/aromatic N) is 5. The number of aliphatic carboxylic acids is 2. The van der Waals surface area contributed by atoms with Gasteiger partial charge in [-0.3, -0.25) is 43.3 Å². The molecule has 2 aromatic heterocycles. The number of nitrogens with two attached hydrogens (primary N) is 2. The zero-order chi connectivity index (χ0) is 58.6. The fourth-order valence-electron chi connectivity index (χ4n) is 12.3. The predicted molar refractivity (Wildman–Crippen MR) is 293 cm³/mol. The van der Waals surface area contributed by atoms with E-state index in [4.69, 9.17) is 30.6 Å². The molecule has 10 N–H and O–H groups in total. The lowest BCUT2D eigenvalue weighted by atomic mass is 9.47. The van der Waals surface area contributed by atoms with Crippen LogP contribution in [0.5, 0.6) is 5.75 Å². The molecule has 9 atom stereocenters. The summed E-state index contributed by atoms with van der Waals surface area (Å²) in [6.45, 7) is 4.05. The van der Waals surface area contributed by atoms with Crippen LogP contribution >= 0.6 is 0 Å². The zero-order valence-corrected chi connectivity index (χ0v) is 45.7. The SMILES string of the molecule is C[C@]12CC[C@H](OC(=O)CCC(=O)N[C@@H](Cc3ccc(O/C([O-])=N/c4c[n+](-c5ccccc5)no4)cc3)C(=O)N[C@@H](CCCN=C(N)N)C(=O)NCC(=O)N[C@@H](CC(=O)O)C(=O)O)CC1=CC[C@@H]1[C@@H]2CC[C@]2(C)C(c3cccnc3)=CC[C@@H]12. The number of benzene rings is 2. The molecule has 4 aliphatic carbocycles. The standard InChI is InChI=1S/C58H69N11O13/c1-57-24-22-39(29-36(57)14-17-40-42-19-18-41(35-8-6-26-61-31-35)58(42,2)25-23-43(40)57)80-51(74)21-20-47(70)64-45(28-34-12-15-38(16-13-34)81-56(79)67-49-33-69(68-82-49)37-9-4-3-5-10-37)53(76)66-44(11-7-27-62-55(59)60)52(75)63-32-48(71)65-46(54(77)78)30-50(72)73/h3-6,8-10,12-16,18,26,31,33,39-40,42-46H,7,11,17,19-25,27-30,32H2,1-2H3,(H10-,59,60,62,63,64,65,66,67,68,70,71,72,73,75,76,77,78,79)/t39-,40-,42-,43-,44-,45-,46-,57-,58+/m0/s1. The lowest BCUT2D eigenvalue weighted by Gasteiger charge is -2.57. The van der Waals surface area contributed by atoms with Crippen molar-refractivity contribution < 1.29 is 67.6 Å². The molecule has 0 spiro atoms. The first kappa shape index (κ1) is 59.2. The number of amides is 4. The molecule has 2 heterocycles. The van der Waals surface area contributed by atoms with Crippen LogP contribution < -0.4 is 47.3 Å². The van der Waals surface area contributed by atoms with E-state index in [0.717, 1.165) is 32.1 Å². The number of hydrogen-bond donors (Lipinski definition) is 8. The average Bonchev–Trinajstić information content (AvgIpc) is 4.22. The normalized spacial score (nSPS) is 22.8. The van der Waals surface area contributed by atoms with E-state index in [9.17, 15) is 43.8 Å². The van der Waals surface area contributed by atoms with Gasteiger partial charge in [-0.2, -0.15) is 4.99 Å². The van der Waals surface area contributed by atoms with Gasteiger partial charge in [0.25, 0.3) is 6.20 Å². The number of nitrogens with one attached hydrogen (secondary N) is 4. The van der Waals surface area contributed by atoms with Gasteiger partial charge in [0.2, 0.25) is 34.6 Å². The number of carboxylic acid groups (broad SMARTS) is 2. The van der Waals surface area contributed by atoms with Gasteiger partial charge in [0.1, 0.15) is 24.2 Å². The Labute approximate surface area is 472 Å². The van der Waals surface area contributed by atoms with Crippen molar-refractivity contribution in [1.82, 2.24) is 31.5 Å². The smallest absolute Gasteiger partial charge is 0.326 e. The summed E-state index contributed by atoms with van der Waals surface area (Å²) in [6, 6.07) is 14.5. The Kier molecular flexibility index (Phi) is 19.2. The van der Waals surface area contributed by atoms with Crippen LogP contribution in [0.25, 0.3) is 11.3 Å². The van der Waals surface area contributed by atoms with Gasteiger partial charge in [0.15, 0.2) is 12.0 Å². The highest BCUT2D eigenvalue weighted by Gasteiger charge is 2.57. The van der Waals surface area contributed by atoms with Crippen molar-refractivity contribution >= 4 is 65.0 Å². The molecule has 2 saturated carbocycles. The molecule has 2 fully saturated rings. The number of guanidine groups is 1. The Hall–Kier alpha value is -8.96. The van der Waals surface area contributed by atoms with Crippen LogP contribution in [0.1, 0.15) is 102 Å². The Morgan fingerprint density at radius 1 is 0.854 bits per heavy atom. The molecular formula is C58H69N11O13. The molecule has 82 heavy (non-hydrogen) atoms. The second-order valence-electron chi connectivity index (χ2n) is 21.7. The highest BCUT2D eigenvalue weighted by Crippen LogP contribution is 2.66. The molecule has 0 saturated heterocycles. The predicted octanol–water partition coefficient (Wildman–Crippen LogP) is 2.85. The molecule has 434 valence electrons. The molecular weight excluding hydrogens is 1060 g/mol. The number of para-hydroxylation sites is 1. The highest BCUT2D eigenvalue weighted by molar-refractivity contribution is 5.94. The summed E-state index contributed by atoms with van der Waals surface area (Å²) in [7, 11) is 0. The van der Waals surface area contributed by atoms with Gasteiger partial charge in [-0.1, -0.05) is 68.0 Å². The number of esters is 1. The van der Waals surface area contributed by atoms with Crippen molar-refractivity contribution in [3.8, 4) is 11.4 Å². The van der Waals surface area contributed by atoms with E-state index in [0.29, 0.717) is 41.8 Å². The summed E-state index contributed by atoms with van der Waals surface area (Å²) in [6.07, 6.45) is 13.3. The third kappa shape index (κ3) is 14.9. The summed E-state index contributed by atoms with van der Waals surface area (Å²) in [5.41, 5.74) is 16.1. The maximum Gasteiger partial charge on any atom is 0.326 e. The molecule has 4 aliphatic rings. The molecule has 24 nitrogen and oxygen atoms in total. The number of ether oxygens (including phenoxy) is 2. The van der Waals surface area contributed by atoms with E-state index in [1.54, 1.807) is 24.3 Å². The number of aliphatic imine (C=N–C) groups is 2. The topological polar surface area (TPSA) is 369 Å². The summed E-state index contributed by atoms with van der Waals surface area (Å²) in [5.74, 6) is -5.80. The van der Waals surface area contributed by atoms with Gasteiger partial charge in [-0.25, -0.2) is 4.79 Å². The van der Waals surface area contributed by atoms with E-state index >= 15 is 0 Å². The van der Waals surface area contributed by atoms with E-state index in [1.807, 2.05) is 29.8 Å². The molecule has 24 heteroatoms. The molecule has 0 unspecified atom stereocenters. The second kappa shape index (κ2) is 26.5. The molecule has 4 aromatic rings. The third-order valence-corrected chi connectivity index (χ3v) is 16.4. The molecule has 4 amide bonds. The number of allylic oxidation sites excluding steroid dienone is 3. The number of carbonyl (C=O) groups is 7. The first-order chi connectivity index (χ1) is 39.3. The summed E-state index contributed by atoms with van der Waals surface area (Å²) in [4.78, 5) is 103. The second-order valence-corrected chi connectivity index (χ2v) is 21.7. The van der Waals surface area contributed by atoms with Crippen molar-refractivity contribution in [2.24, 2.45) is 50.0 Å². The summed E-state index contributed by atoms with van der Waals surface area (Å²) in [5, 5.41) is 44.7. The van der Waals surface area contributed by atoms with Crippen molar-refractivity contribution in [2.75, 3.05) is 13.1 Å². The third-order valence-electron chi connectivity index (χ3n) is 16.4. The minimum absolute atomic E-state index is 0.0127. The summed E-state index contributed by atoms with van der Waals surface area (Å²) >= 11 is 0. The lowest BCUT2D eigenvalue weighted by Crippen LogP contribution is -2.55. The number of carbonyl (C=O) groups excluding carboxylic acids is 5. The van der Waals surface area contributed by atoms with Crippen molar-refractivity contribution in [3.05, 3.63) is 114 Å². The van der Waals surface area contributed by atoms with Crippen LogP contribution in [0, 0.1) is 28.6 Å². The van der Waals surface area contributed by atoms with Gasteiger partial charge in [0, 0.05) is 56.1 Å². The number of hydrogen-bond acceptors (Lipinski definition) is 15. The van der Waals surface area contributed by atoms with Gasteiger partial charge in [0.05, 0.1) is 19.4 Å². The zero-order valence-electron chi connectivity index (χ0n) is 45.7. The van der Waals surface area contributed by atoms with Crippen LogP contribution in [0.3, 0.4) is 0 Å². The fraction of sp³-hybridized carbons (Fsp3) is 0.448. The van der Waals surface area contributed by atoms with E-state index in [2.05, 4.69) is 68.3 Å². The van der Waals surface area contributed by atoms with Gasteiger partial charge >= 0.3 is 23.8 Å². The number of pyridine rings is 1. The van der Waals surface area contributed by atoms with Crippen molar-refractivity contribution in [2.45, 2.75) is 122 Å². The maximum atomic E-state index is 14.3. The van der Waals surface area contributed by atoms with Crippen LogP contribution in [0.15, 0.2) is 118 Å². The Morgan fingerprint density at radius 2 is 1.61 bits per heavy atom. The van der Waals surface area contributed by atoms with Crippen LogP contribution in [0.2, 0.25) is 0 Å². The van der Waals surface area contributed by atoms with Crippen molar-refractivity contribution in [1.29, 1.82) is 0 Å². The average molecular weight is 1130 g/mol. The Bertz CT molecular complexity index is 3110. The minimum Gasteiger partial charge on any atom is -0.566 e. The van der Waals surface area contributed by atoms with Gasteiger partial charge in [-0.05, 0) is 120 Å². The van der Waals surface area contributed by atoms with Crippen LogP contribution in [-0.2, 0) is 44.7 Å². The van der Waals surface area contributed by atoms with Gasteiger partial charge < -0.3 is 57.5 Å². The highest BCUT2D eigenvalue weighted by atomic mass is 16.6. The maximum absolute atomic E-state index is 14.3. The monoisotopic (exact) mass is 1130 g/mol. The first-order valence-electron chi connectivity index (χ1n) is 27.4. The number of fused-ring (bicyclic) bond motifs is 5.